The Morgan fingerprint density at radius 3 is 2.77 bits per heavy atom. The smallest absolute Gasteiger partial charge is 0.407 e. The first-order valence-corrected chi connectivity index (χ1v) is 9.82. The van der Waals surface area contributed by atoms with Gasteiger partial charge in [-0.1, -0.05) is 0 Å². The number of amides is 2. The number of nitrogens with one attached hydrogen (secondary N) is 3. The van der Waals surface area contributed by atoms with Crippen LogP contribution in [0.5, 0.6) is 0 Å². The number of ether oxygens (including phenoxy) is 1. The van der Waals surface area contributed by atoms with Crippen molar-refractivity contribution in [2.75, 3.05) is 11.9 Å². The van der Waals surface area contributed by atoms with Gasteiger partial charge in [0.15, 0.2) is 5.82 Å². The minimum Gasteiger partial charge on any atom is -0.446 e. The van der Waals surface area contributed by atoms with Crippen molar-refractivity contribution in [2.45, 2.75) is 57.2 Å². The van der Waals surface area contributed by atoms with Crippen LogP contribution in [0.4, 0.5) is 23.8 Å². The molecule has 0 unspecified atom stereocenters. The molecule has 1 saturated carbocycles. The predicted octanol–water partition coefficient (Wildman–Crippen LogP) is 3.00. The monoisotopic (exact) mass is 440 g/mol. The summed E-state index contributed by atoms with van der Waals surface area (Å²) in [4.78, 5) is 32.0. The van der Waals surface area contributed by atoms with E-state index in [4.69, 9.17) is 4.74 Å². The number of hydrogen-bond donors (Lipinski definition) is 3. The van der Waals surface area contributed by atoms with Crippen LogP contribution >= 0.6 is 0 Å². The maximum absolute atomic E-state index is 12.2. The van der Waals surface area contributed by atoms with Gasteiger partial charge in [-0.3, -0.25) is 19.9 Å². The molecule has 0 radical (unpaired) electrons. The average Bonchev–Trinajstić information content (AvgIpc) is 3.32. The van der Waals surface area contributed by atoms with Gasteiger partial charge in [-0.05, 0) is 26.2 Å². The van der Waals surface area contributed by atoms with E-state index in [1.54, 1.807) is 25.4 Å². The van der Waals surface area contributed by atoms with Crippen molar-refractivity contribution in [3.8, 4) is 0 Å². The number of halogens is 3. The van der Waals surface area contributed by atoms with Crippen molar-refractivity contribution < 1.29 is 27.5 Å². The van der Waals surface area contributed by atoms with Gasteiger partial charge < -0.3 is 15.4 Å². The molecule has 3 N–H and O–H groups in total. The molecule has 31 heavy (non-hydrogen) atoms. The lowest BCUT2D eigenvalue weighted by Crippen LogP contribution is -2.31. The summed E-state index contributed by atoms with van der Waals surface area (Å²) in [5.41, 5.74) is 2.09. The minimum absolute atomic E-state index is 0.0362. The zero-order chi connectivity index (χ0) is 22.4. The summed E-state index contributed by atoms with van der Waals surface area (Å²) in [5.74, 6) is 0.128. The third-order valence-electron chi connectivity index (χ3n) is 4.82. The lowest BCUT2D eigenvalue weighted by molar-refractivity contribution is -0.133. The second kappa shape index (κ2) is 9.75. The molecule has 0 bridgehead atoms. The maximum Gasteiger partial charge on any atom is 0.407 e. The van der Waals surface area contributed by atoms with Crippen LogP contribution < -0.4 is 10.6 Å². The molecule has 0 saturated heterocycles. The standard InChI is InChI=1S/C19H23F3N6O3/c1-11-9-25-13(10-24-11)7-17(29)26-16-8-15(27-28-16)12-2-3-14(6-12)31-18(30)23-5-4-19(20,21)22/h8-10,12,14H,2-7H2,1H3,(H,23,30)(H2,26,27,28,29)/t12-,14+/m0/s1. The SMILES string of the molecule is Cc1cnc(CC(=O)Nc2cc([C@H]3CC[C@@H](OC(=O)NCCC(F)(F)F)C3)[nH]n2)cn1. The Labute approximate surface area is 176 Å². The molecule has 12 heteroatoms. The number of rotatable bonds is 7. The number of carbonyl (C=O) groups excluding carboxylic acids is 2. The topological polar surface area (TPSA) is 122 Å². The molecular weight excluding hydrogens is 417 g/mol. The molecule has 3 rings (SSSR count). The first kappa shape index (κ1) is 22.5. The number of hydrogen-bond acceptors (Lipinski definition) is 6. The Kier molecular flexibility index (Phi) is 7.08. The van der Waals surface area contributed by atoms with E-state index in [0.717, 1.165) is 17.8 Å². The van der Waals surface area contributed by atoms with E-state index in [-0.39, 0.29) is 18.2 Å². The fourth-order valence-electron chi connectivity index (χ4n) is 3.30. The highest BCUT2D eigenvalue weighted by atomic mass is 19.4. The van der Waals surface area contributed by atoms with E-state index < -0.39 is 31.3 Å². The van der Waals surface area contributed by atoms with Gasteiger partial charge in [-0.2, -0.15) is 18.3 Å². The van der Waals surface area contributed by atoms with Gasteiger partial charge in [0.25, 0.3) is 0 Å². The fourth-order valence-corrected chi connectivity index (χ4v) is 3.30. The largest absolute Gasteiger partial charge is 0.446 e. The van der Waals surface area contributed by atoms with Crippen LogP contribution in [-0.2, 0) is 16.0 Å². The van der Waals surface area contributed by atoms with E-state index in [0.29, 0.717) is 24.4 Å². The zero-order valence-electron chi connectivity index (χ0n) is 16.8. The van der Waals surface area contributed by atoms with Crippen molar-refractivity contribution in [1.29, 1.82) is 0 Å². The molecule has 2 aromatic heterocycles. The summed E-state index contributed by atoms with van der Waals surface area (Å²) in [5, 5.41) is 11.8. The van der Waals surface area contributed by atoms with Gasteiger partial charge in [0.2, 0.25) is 5.91 Å². The number of aromatic nitrogens is 4. The molecular formula is C19H23F3N6O3. The van der Waals surface area contributed by atoms with Gasteiger partial charge in [0, 0.05) is 36.6 Å². The molecule has 0 aliphatic heterocycles. The van der Waals surface area contributed by atoms with Crippen molar-refractivity contribution in [1.82, 2.24) is 25.5 Å². The lowest BCUT2D eigenvalue weighted by atomic mass is 10.0. The summed E-state index contributed by atoms with van der Waals surface area (Å²) in [6.45, 7) is 1.29. The second-order valence-electron chi connectivity index (χ2n) is 7.41. The van der Waals surface area contributed by atoms with Crippen LogP contribution in [-0.4, -0.2) is 51.0 Å². The molecule has 1 aliphatic rings. The zero-order valence-corrected chi connectivity index (χ0v) is 16.8. The molecule has 2 heterocycles. The lowest BCUT2D eigenvalue weighted by Gasteiger charge is -2.13. The minimum atomic E-state index is -4.33. The number of nitrogens with zero attached hydrogens (tertiary/aromatic N) is 3. The number of anilines is 1. The first-order valence-electron chi connectivity index (χ1n) is 9.82. The Hall–Kier alpha value is -3.18. The number of alkyl carbamates (subject to hydrolysis) is 1. The molecule has 168 valence electrons. The van der Waals surface area contributed by atoms with Gasteiger partial charge >= 0.3 is 12.3 Å². The van der Waals surface area contributed by atoms with Crippen molar-refractivity contribution >= 4 is 17.8 Å². The van der Waals surface area contributed by atoms with Gasteiger partial charge in [-0.15, -0.1) is 0 Å². The van der Waals surface area contributed by atoms with E-state index in [1.807, 2.05) is 0 Å². The van der Waals surface area contributed by atoms with Gasteiger partial charge in [0.1, 0.15) is 6.10 Å². The molecule has 2 atom stereocenters. The first-order chi connectivity index (χ1) is 14.7. The molecule has 1 aliphatic carbocycles. The van der Waals surface area contributed by atoms with Crippen LogP contribution in [0.25, 0.3) is 0 Å². The Morgan fingerprint density at radius 1 is 1.26 bits per heavy atom. The number of aryl methyl sites for hydroxylation is 1. The van der Waals surface area contributed by atoms with Crippen molar-refractivity contribution in [3.63, 3.8) is 0 Å². The third kappa shape index (κ3) is 7.23. The second-order valence-corrected chi connectivity index (χ2v) is 7.41. The van der Waals surface area contributed by atoms with E-state index in [9.17, 15) is 22.8 Å². The summed E-state index contributed by atoms with van der Waals surface area (Å²) in [7, 11) is 0. The van der Waals surface area contributed by atoms with Gasteiger partial charge in [0.05, 0.1) is 24.2 Å². The predicted molar refractivity (Wildman–Crippen MR) is 103 cm³/mol. The molecule has 0 spiro atoms. The van der Waals surface area contributed by atoms with Crippen molar-refractivity contribution in [3.05, 3.63) is 35.5 Å². The van der Waals surface area contributed by atoms with E-state index in [2.05, 4.69) is 30.8 Å². The fraction of sp³-hybridized carbons (Fsp3) is 0.526. The van der Waals surface area contributed by atoms with Crippen LogP contribution in [0.2, 0.25) is 0 Å². The Balaban J connectivity index is 1.43. The summed E-state index contributed by atoms with van der Waals surface area (Å²) >= 11 is 0. The summed E-state index contributed by atoms with van der Waals surface area (Å²) in [6.07, 6.45) is -1.66. The van der Waals surface area contributed by atoms with Crippen LogP contribution in [0.3, 0.4) is 0 Å². The number of aromatic amines is 1. The quantitative estimate of drug-likeness (QED) is 0.609. The van der Waals surface area contributed by atoms with Crippen molar-refractivity contribution in [2.24, 2.45) is 0 Å². The van der Waals surface area contributed by atoms with Gasteiger partial charge in [-0.25, -0.2) is 4.79 Å². The molecule has 2 aromatic rings. The van der Waals surface area contributed by atoms with Crippen LogP contribution in [0.1, 0.15) is 48.7 Å². The average molecular weight is 440 g/mol. The molecule has 0 aromatic carbocycles. The van der Waals surface area contributed by atoms with Crippen LogP contribution in [0.15, 0.2) is 18.5 Å². The Morgan fingerprint density at radius 2 is 2.06 bits per heavy atom. The highest BCUT2D eigenvalue weighted by molar-refractivity contribution is 5.91. The number of H-pyrrole nitrogens is 1. The highest BCUT2D eigenvalue weighted by Gasteiger charge is 2.31. The summed E-state index contributed by atoms with van der Waals surface area (Å²) < 4.78 is 41.6. The molecule has 1 fully saturated rings. The maximum atomic E-state index is 12.2. The summed E-state index contributed by atoms with van der Waals surface area (Å²) in [6, 6.07) is 1.72. The number of alkyl halides is 3. The molecule has 2 amide bonds. The third-order valence-corrected chi connectivity index (χ3v) is 4.82. The Bertz CT molecular complexity index is 900. The normalized spacial score (nSPS) is 18.6. The molecule has 9 nitrogen and oxygen atoms in total. The number of carbonyl (C=O) groups is 2. The van der Waals surface area contributed by atoms with E-state index >= 15 is 0 Å². The highest BCUT2D eigenvalue weighted by Crippen LogP contribution is 2.35. The van der Waals surface area contributed by atoms with Crippen LogP contribution in [0, 0.1) is 6.92 Å². The van der Waals surface area contributed by atoms with E-state index in [1.165, 1.54) is 0 Å².